The highest BCUT2D eigenvalue weighted by Crippen LogP contribution is 2.64. The van der Waals surface area contributed by atoms with E-state index in [9.17, 15) is 19.4 Å². The molecule has 1 saturated carbocycles. The van der Waals surface area contributed by atoms with Gasteiger partial charge in [-0.2, -0.15) is 4.98 Å². The van der Waals surface area contributed by atoms with E-state index in [0.717, 1.165) is 4.57 Å². The summed E-state index contributed by atoms with van der Waals surface area (Å²) in [6.45, 7) is 2.97. The Balaban J connectivity index is 1.93. The lowest BCUT2D eigenvalue weighted by atomic mass is 9.90. The maximum atomic E-state index is 15.0. The van der Waals surface area contributed by atoms with Gasteiger partial charge in [0.1, 0.15) is 29.7 Å². The summed E-state index contributed by atoms with van der Waals surface area (Å²) < 4.78 is 21.5. The van der Waals surface area contributed by atoms with E-state index in [4.69, 9.17) is 10.5 Å². The third-order valence-corrected chi connectivity index (χ3v) is 4.25. The molecule has 1 saturated heterocycles. The highest BCUT2D eigenvalue weighted by Gasteiger charge is 2.82. The van der Waals surface area contributed by atoms with E-state index in [1.54, 1.807) is 0 Å². The summed E-state index contributed by atoms with van der Waals surface area (Å²) in [6, 6.07) is 0.395. The summed E-state index contributed by atoms with van der Waals surface area (Å²) in [4.78, 5) is 15.3. The van der Waals surface area contributed by atoms with Crippen LogP contribution in [0.25, 0.3) is 0 Å². The second-order valence-electron chi connectivity index (χ2n) is 5.47. The molecule has 5 unspecified atom stereocenters. The summed E-state index contributed by atoms with van der Waals surface area (Å²) in [6.07, 6.45) is 0.294. The zero-order chi connectivity index (χ0) is 15.4. The van der Waals surface area contributed by atoms with Crippen LogP contribution in [0.5, 0.6) is 0 Å². The van der Waals surface area contributed by atoms with E-state index >= 15 is 0 Å². The molecule has 0 spiro atoms. The summed E-state index contributed by atoms with van der Waals surface area (Å²) >= 11 is 0. The number of ether oxygens (including phenoxy) is 1. The Morgan fingerprint density at radius 2 is 2.38 bits per heavy atom. The molecule has 0 aromatic carbocycles. The van der Waals surface area contributed by atoms with Gasteiger partial charge in [0.15, 0.2) is 5.67 Å². The molecular formula is C13H16FN3O4. The molecule has 0 amide bonds. The number of aromatic nitrogens is 2. The molecule has 2 aliphatic rings. The number of nitrogens with two attached hydrogens (primary N) is 1. The quantitative estimate of drug-likeness (QED) is 0.625. The number of halogens is 1. The van der Waals surface area contributed by atoms with Crippen molar-refractivity contribution in [3.05, 3.63) is 35.4 Å². The maximum absolute atomic E-state index is 15.0. The highest BCUT2D eigenvalue weighted by atomic mass is 19.1. The second-order valence-corrected chi connectivity index (χ2v) is 5.47. The number of hydrogen-bond acceptors (Lipinski definition) is 6. The molecule has 5 atom stereocenters. The van der Waals surface area contributed by atoms with Gasteiger partial charge in [-0.15, -0.1) is 6.58 Å². The molecule has 3 rings (SSSR count). The van der Waals surface area contributed by atoms with E-state index in [1.165, 1.54) is 18.3 Å². The van der Waals surface area contributed by atoms with Crippen molar-refractivity contribution in [2.45, 2.75) is 35.9 Å². The Bertz CT molecular complexity index is 651. The van der Waals surface area contributed by atoms with Gasteiger partial charge in [0.05, 0.1) is 6.61 Å². The minimum atomic E-state index is -2.13. The first-order valence-electron chi connectivity index (χ1n) is 6.52. The van der Waals surface area contributed by atoms with Gasteiger partial charge in [-0.1, -0.05) is 6.08 Å². The van der Waals surface area contributed by atoms with Gasteiger partial charge < -0.3 is 20.7 Å². The molecule has 1 aromatic rings. The molecule has 7 nitrogen and oxygen atoms in total. The van der Waals surface area contributed by atoms with Crippen molar-refractivity contribution in [1.82, 2.24) is 9.55 Å². The van der Waals surface area contributed by atoms with Crippen molar-refractivity contribution >= 4 is 5.82 Å². The Morgan fingerprint density at radius 3 is 2.86 bits per heavy atom. The van der Waals surface area contributed by atoms with Gasteiger partial charge in [-0.3, -0.25) is 4.57 Å². The van der Waals surface area contributed by atoms with Crippen LogP contribution in [0.2, 0.25) is 0 Å². The first kappa shape index (κ1) is 14.2. The fourth-order valence-electron chi connectivity index (χ4n) is 3.11. The zero-order valence-electron chi connectivity index (χ0n) is 11.1. The van der Waals surface area contributed by atoms with Gasteiger partial charge >= 0.3 is 5.69 Å². The number of alkyl halides is 1. The fourth-order valence-corrected chi connectivity index (χ4v) is 3.11. The lowest BCUT2D eigenvalue weighted by Crippen LogP contribution is -2.50. The topological polar surface area (TPSA) is 111 Å². The largest absolute Gasteiger partial charge is 0.393 e. The smallest absolute Gasteiger partial charge is 0.349 e. The Hall–Kier alpha value is -1.77. The van der Waals surface area contributed by atoms with E-state index in [2.05, 4.69) is 11.6 Å². The van der Waals surface area contributed by atoms with Crippen LogP contribution >= 0.6 is 0 Å². The molecule has 2 fully saturated rings. The fraction of sp³-hybridized carbons (Fsp3) is 0.538. The van der Waals surface area contributed by atoms with Crippen molar-refractivity contribution in [3.63, 3.8) is 0 Å². The third-order valence-electron chi connectivity index (χ3n) is 4.25. The minimum absolute atomic E-state index is 0.0350. The SMILES string of the molecule is C=CCC1(CO)OC2C(n3ccc(N)nc3=O)C2(F)C1O. The first-order valence-corrected chi connectivity index (χ1v) is 6.52. The Kier molecular flexibility index (Phi) is 2.94. The van der Waals surface area contributed by atoms with Crippen LogP contribution in [0.15, 0.2) is 29.7 Å². The minimum Gasteiger partial charge on any atom is -0.393 e. The van der Waals surface area contributed by atoms with Crippen LogP contribution in [0, 0.1) is 0 Å². The zero-order valence-corrected chi connectivity index (χ0v) is 11.1. The number of nitrogen functional groups attached to an aromatic ring is 1. The molecule has 8 heteroatoms. The number of aliphatic hydroxyl groups is 2. The molecule has 2 heterocycles. The molecule has 21 heavy (non-hydrogen) atoms. The monoisotopic (exact) mass is 297 g/mol. The van der Waals surface area contributed by atoms with Gasteiger partial charge in [0.25, 0.3) is 0 Å². The number of fused-ring (bicyclic) bond motifs is 1. The third kappa shape index (κ3) is 1.69. The molecule has 0 radical (unpaired) electrons. The molecular weight excluding hydrogens is 281 g/mol. The highest BCUT2D eigenvalue weighted by molar-refractivity contribution is 5.33. The maximum Gasteiger partial charge on any atom is 0.349 e. The van der Waals surface area contributed by atoms with E-state index in [0.29, 0.717) is 0 Å². The summed E-state index contributed by atoms with van der Waals surface area (Å²) in [5.41, 5.74) is 1.13. The van der Waals surface area contributed by atoms with E-state index < -0.39 is 41.8 Å². The second kappa shape index (κ2) is 4.36. The van der Waals surface area contributed by atoms with Gasteiger partial charge in [0, 0.05) is 6.20 Å². The summed E-state index contributed by atoms with van der Waals surface area (Å²) in [5, 5.41) is 19.7. The van der Waals surface area contributed by atoms with Crippen molar-refractivity contribution in [2.75, 3.05) is 12.3 Å². The van der Waals surface area contributed by atoms with Crippen LogP contribution < -0.4 is 11.4 Å². The molecule has 0 bridgehead atoms. The molecule has 114 valence electrons. The van der Waals surface area contributed by atoms with Gasteiger partial charge in [-0.05, 0) is 12.5 Å². The average molecular weight is 297 g/mol. The summed E-state index contributed by atoms with van der Waals surface area (Å²) in [7, 11) is 0. The normalized spacial score (nSPS) is 40.8. The van der Waals surface area contributed by atoms with E-state index in [-0.39, 0.29) is 12.2 Å². The molecule has 1 aliphatic heterocycles. The summed E-state index contributed by atoms with van der Waals surface area (Å²) in [5.74, 6) is 0.0350. The lowest BCUT2D eigenvalue weighted by Gasteiger charge is -2.33. The number of anilines is 1. The van der Waals surface area contributed by atoms with Crippen LogP contribution in [0.1, 0.15) is 12.5 Å². The predicted octanol–water partition coefficient (Wildman–Crippen LogP) is -0.845. The standard InChI is InChI=1S/C13H16FN3O4/c1-2-4-12(6-18)10(19)13(14)8(9(13)21-12)17-5-3-7(15)16-11(17)20/h2-3,5,8-10,18-19H,1,4,6H2,(H2,15,16,20). The predicted molar refractivity (Wildman–Crippen MR) is 71.3 cm³/mol. The Labute approximate surface area is 119 Å². The van der Waals surface area contributed by atoms with Crippen molar-refractivity contribution < 1.29 is 19.3 Å². The van der Waals surface area contributed by atoms with Crippen LogP contribution in [-0.4, -0.2) is 49.8 Å². The van der Waals surface area contributed by atoms with Crippen LogP contribution in [0.4, 0.5) is 10.2 Å². The molecule has 4 N–H and O–H groups in total. The van der Waals surface area contributed by atoms with Crippen LogP contribution in [0.3, 0.4) is 0 Å². The van der Waals surface area contributed by atoms with Crippen molar-refractivity contribution in [3.8, 4) is 0 Å². The number of nitrogens with zero attached hydrogens (tertiary/aromatic N) is 2. The number of hydrogen-bond donors (Lipinski definition) is 3. The van der Waals surface area contributed by atoms with Crippen LogP contribution in [-0.2, 0) is 4.74 Å². The number of aliphatic hydroxyl groups excluding tert-OH is 2. The Morgan fingerprint density at radius 1 is 1.67 bits per heavy atom. The van der Waals surface area contributed by atoms with Crippen molar-refractivity contribution in [2.24, 2.45) is 0 Å². The lowest BCUT2D eigenvalue weighted by molar-refractivity contribution is -0.129. The van der Waals surface area contributed by atoms with E-state index in [1.807, 2.05) is 0 Å². The van der Waals surface area contributed by atoms with Gasteiger partial charge in [-0.25, -0.2) is 9.18 Å². The molecule has 1 aliphatic carbocycles. The molecule has 1 aromatic heterocycles. The first-order chi connectivity index (χ1) is 9.90. The number of rotatable bonds is 4. The average Bonchev–Trinajstić information content (AvgIpc) is 2.95. The van der Waals surface area contributed by atoms with Gasteiger partial charge in [0.2, 0.25) is 0 Å². The van der Waals surface area contributed by atoms with Crippen molar-refractivity contribution in [1.29, 1.82) is 0 Å².